The Bertz CT molecular complexity index is 542. The molecule has 278 valence electrons. The van der Waals surface area contributed by atoms with Gasteiger partial charge in [-0.1, -0.05) is 201 Å². The molecule has 46 heavy (non-hydrogen) atoms. The normalized spacial score (nSPS) is 13.1. The van der Waals surface area contributed by atoms with Crippen molar-refractivity contribution in [3.05, 3.63) is 0 Å². The molecule has 5 heteroatoms. The third kappa shape index (κ3) is 24.2. The van der Waals surface area contributed by atoms with Gasteiger partial charge in [0.15, 0.2) is 5.79 Å². The first kappa shape index (κ1) is 46.0. The van der Waals surface area contributed by atoms with Crippen molar-refractivity contribution in [1.82, 2.24) is 0 Å². The smallest absolute Gasteiger partial charge is 0.375 e. The monoisotopic (exact) mass is 673 g/mol. The Morgan fingerprint density at radius 1 is 0.391 bits per heavy atom. The Morgan fingerprint density at radius 2 is 0.630 bits per heavy atom. The molecule has 0 saturated heterocycles. The number of rotatable bonds is 38. The van der Waals surface area contributed by atoms with Crippen LogP contribution in [0.2, 0.25) is 0 Å². The number of unbranched alkanes of at least 4 members (excludes halogenated alkanes) is 24. The average molecular weight is 673 g/mol. The highest BCUT2D eigenvalue weighted by molar-refractivity contribution is 6.62. The van der Waals surface area contributed by atoms with Crippen LogP contribution in [0.25, 0.3) is 0 Å². The highest BCUT2D eigenvalue weighted by Gasteiger charge is 2.47. The van der Waals surface area contributed by atoms with Crippen molar-refractivity contribution < 1.29 is 17.7 Å². The van der Waals surface area contributed by atoms with E-state index in [1.54, 1.807) is 0 Å². The fourth-order valence-corrected chi connectivity index (χ4v) is 9.46. The van der Waals surface area contributed by atoms with Crippen LogP contribution < -0.4 is 0 Å². The molecule has 0 aromatic rings. The molecule has 0 spiro atoms. The quantitative estimate of drug-likeness (QED) is 0.0482. The van der Waals surface area contributed by atoms with E-state index < -0.39 is 14.6 Å². The maximum atomic E-state index is 15.0. The summed E-state index contributed by atoms with van der Waals surface area (Å²) in [7, 11) is 1.35. The molecule has 0 radical (unpaired) electrons. The minimum absolute atomic E-state index is 0.474. The van der Waals surface area contributed by atoms with E-state index in [-0.39, 0.29) is 0 Å². The summed E-state index contributed by atoms with van der Waals surface area (Å²) >= 11 is 0. The van der Waals surface area contributed by atoms with Crippen molar-refractivity contribution in [3.8, 4) is 0 Å². The van der Waals surface area contributed by atoms with E-state index in [1.807, 2.05) is 0 Å². The van der Waals surface area contributed by atoms with Crippen LogP contribution in [-0.4, -0.2) is 35.9 Å². The summed E-state index contributed by atoms with van der Waals surface area (Å²) in [5.74, 6) is -1.14. The Kier molecular flexibility index (Phi) is 33.5. The maximum Gasteiger partial charge on any atom is 0.536 e. The van der Waals surface area contributed by atoms with E-state index in [0.717, 1.165) is 12.8 Å². The topological polar surface area (TPSA) is 27.7 Å². The van der Waals surface area contributed by atoms with Gasteiger partial charge in [0.2, 0.25) is 0 Å². The summed E-state index contributed by atoms with van der Waals surface area (Å²) in [4.78, 5) is 0. The van der Waals surface area contributed by atoms with Gasteiger partial charge < -0.3 is 13.3 Å². The van der Waals surface area contributed by atoms with Crippen LogP contribution in [0.1, 0.15) is 233 Å². The predicted molar refractivity (Wildman–Crippen MR) is 203 cm³/mol. The standard InChI is InChI=1S/C41H85FO3Si/c1-7-10-13-16-19-22-26-31-36-41(37-32-27-23-20-17-14-11-8-2,38-33-28-24-21-18-15-12-9-3)39-34-29-25-30-35-40(42)46(43-4,44-5)45-6/h40H,7-39H2,1-6H3. The molecule has 1 atom stereocenters. The summed E-state index contributed by atoms with van der Waals surface area (Å²) < 4.78 is 31.1. The minimum atomic E-state index is -3.18. The molecule has 0 amide bonds. The van der Waals surface area contributed by atoms with Gasteiger partial charge in [-0.3, -0.25) is 0 Å². The SMILES string of the molecule is CCCCCCCCCCC(CCCCCCCCCC)(CCCCCCCCCC)CCCCCCC(F)[Si](OC)(OC)OC. The number of hydrogen-bond donors (Lipinski definition) is 0. The van der Waals surface area contributed by atoms with Crippen molar-refractivity contribution in [3.63, 3.8) is 0 Å². The summed E-state index contributed by atoms with van der Waals surface area (Å²) in [5, 5.41) is 0. The average Bonchev–Trinajstić information content (AvgIpc) is 3.07. The van der Waals surface area contributed by atoms with Crippen molar-refractivity contribution in [2.24, 2.45) is 5.41 Å². The van der Waals surface area contributed by atoms with E-state index in [2.05, 4.69) is 20.8 Å². The van der Waals surface area contributed by atoms with Gasteiger partial charge in [0.05, 0.1) is 0 Å². The zero-order valence-corrected chi connectivity index (χ0v) is 33.5. The third-order valence-corrected chi connectivity index (χ3v) is 13.6. The first-order chi connectivity index (χ1) is 22.5. The van der Waals surface area contributed by atoms with Gasteiger partial charge in [0.1, 0.15) is 0 Å². The van der Waals surface area contributed by atoms with Crippen molar-refractivity contribution in [1.29, 1.82) is 0 Å². The molecule has 0 fully saturated rings. The van der Waals surface area contributed by atoms with Gasteiger partial charge in [0, 0.05) is 21.3 Å². The first-order valence-corrected chi connectivity index (χ1v) is 22.6. The van der Waals surface area contributed by atoms with Gasteiger partial charge >= 0.3 is 8.80 Å². The van der Waals surface area contributed by atoms with Gasteiger partial charge in [0.25, 0.3) is 0 Å². The fourth-order valence-electron chi connectivity index (χ4n) is 7.64. The Hall–Kier alpha value is 0.0269. The van der Waals surface area contributed by atoms with Crippen LogP contribution in [0.5, 0.6) is 0 Å². The van der Waals surface area contributed by atoms with Gasteiger partial charge in [-0.2, -0.15) is 0 Å². The lowest BCUT2D eigenvalue weighted by molar-refractivity contribution is 0.0853. The molecular formula is C41H85FO3Si. The molecule has 0 aliphatic heterocycles. The lowest BCUT2D eigenvalue weighted by atomic mass is 9.70. The maximum absolute atomic E-state index is 15.0. The van der Waals surface area contributed by atoms with Gasteiger partial charge in [-0.05, 0) is 37.5 Å². The Balaban J connectivity index is 5.08. The highest BCUT2D eigenvalue weighted by atomic mass is 28.4. The molecule has 0 heterocycles. The predicted octanol–water partition coefficient (Wildman–Crippen LogP) is 14.7. The van der Waals surface area contributed by atoms with Gasteiger partial charge in [-0.15, -0.1) is 0 Å². The summed E-state index contributed by atoms with van der Waals surface area (Å²) in [6, 6.07) is 0. The second-order valence-electron chi connectivity index (χ2n) is 14.8. The largest absolute Gasteiger partial charge is 0.536 e. The minimum Gasteiger partial charge on any atom is -0.375 e. The Morgan fingerprint density at radius 3 is 0.891 bits per heavy atom. The molecule has 0 aliphatic rings. The van der Waals surface area contributed by atoms with Crippen LogP contribution in [0, 0.1) is 5.41 Å². The highest BCUT2D eigenvalue weighted by Crippen LogP contribution is 2.42. The number of alkyl halides is 1. The molecule has 0 saturated carbocycles. The zero-order valence-electron chi connectivity index (χ0n) is 32.5. The van der Waals surface area contributed by atoms with E-state index in [4.69, 9.17) is 13.3 Å². The second-order valence-corrected chi connectivity index (χ2v) is 17.9. The van der Waals surface area contributed by atoms with Crippen molar-refractivity contribution in [2.45, 2.75) is 238 Å². The van der Waals surface area contributed by atoms with E-state index in [0.29, 0.717) is 11.8 Å². The number of halogens is 1. The summed E-state index contributed by atoms with van der Waals surface area (Å²) in [5.41, 5.74) is 0.527. The second kappa shape index (κ2) is 33.5. The zero-order chi connectivity index (χ0) is 34.0. The van der Waals surface area contributed by atoms with E-state index in [9.17, 15) is 4.39 Å². The van der Waals surface area contributed by atoms with Crippen LogP contribution >= 0.6 is 0 Å². The molecule has 1 unspecified atom stereocenters. The molecule has 3 nitrogen and oxygen atoms in total. The third-order valence-electron chi connectivity index (χ3n) is 10.8. The van der Waals surface area contributed by atoms with Gasteiger partial charge in [-0.25, -0.2) is 4.39 Å². The first-order valence-electron chi connectivity index (χ1n) is 20.8. The molecule has 0 aromatic carbocycles. The Labute approximate surface area is 291 Å². The number of hydrogen-bond acceptors (Lipinski definition) is 3. The van der Waals surface area contributed by atoms with Crippen LogP contribution in [0.15, 0.2) is 0 Å². The van der Waals surface area contributed by atoms with Crippen LogP contribution in [0.3, 0.4) is 0 Å². The van der Waals surface area contributed by atoms with Crippen LogP contribution in [-0.2, 0) is 13.3 Å². The lowest BCUT2D eigenvalue weighted by Gasteiger charge is -2.35. The van der Waals surface area contributed by atoms with E-state index in [1.165, 1.54) is 214 Å². The van der Waals surface area contributed by atoms with Crippen LogP contribution in [0.4, 0.5) is 4.39 Å². The lowest BCUT2D eigenvalue weighted by Crippen LogP contribution is -2.52. The molecule has 0 aromatic heterocycles. The molecule has 0 N–H and O–H groups in total. The summed E-state index contributed by atoms with van der Waals surface area (Å²) in [6.45, 7) is 6.94. The van der Waals surface area contributed by atoms with E-state index >= 15 is 0 Å². The summed E-state index contributed by atoms with van der Waals surface area (Å²) in [6.07, 6.45) is 44.5. The molecule has 0 rings (SSSR count). The molecular weight excluding hydrogens is 588 g/mol. The molecule has 0 aliphatic carbocycles. The van der Waals surface area contributed by atoms with Crippen molar-refractivity contribution >= 4 is 8.80 Å². The van der Waals surface area contributed by atoms with Crippen molar-refractivity contribution in [2.75, 3.05) is 21.3 Å². The molecule has 0 bridgehead atoms. The fraction of sp³-hybridized carbons (Fsp3) is 1.00.